The molecule has 1 N–H and O–H groups in total. The van der Waals surface area contributed by atoms with Crippen molar-refractivity contribution in [2.45, 2.75) is 27.7 Å². The van der Waals surface area contributed by atoms with Gasteiger partial charge >= 0.3 is 0 Å². The third kappa shape index (κ3) is 3.60. The number of nitrogens with one attached hydrogen (secondary N) is 1. The Labute approximate surface area is 159 Å². The van der Waals surface area contributed by atoms with Crippen LogP contribution in [-0.4, -0.2) is 29.5 Å². The van der Waals surface area contributed by atoms with E-state index in [1.54, 1.807) is 14.2 Å². The summed E-state index contributed by atoms with van der Waals surface area (Å²) in [5.74, 6) is 1.81. The highest BCUT2D eigenvalue weighted by molar-refractivity contribution is 5.97. The number of imidazole rings is 1. The molecular weight excluding hydrogens is 342 g/mol. The van der Waals surface area contributed by atoms with Crippen LogP contribution in [0.25, 0.3) is 16.9 Å². The standard InChI is InChI=1S/C21H25N3O3/c1-13-9-10-24-17(11-13)22-18(19(24)23-20(25)21(2,3)4)14-7-8-15(26-5)16(12-14)27-6/h7-12H,1-6H3,(H,23,25). The molecule has 3 rings (SSSR count). The van der Waals surface area contributed by atoms with Gasteiger partial charge in [-0.05, 0) is 42.8 Å². The lowest BCUT2D eigenvalue weighted by molar-refractivity contribution is -0.123. The molecule has 0 aliphatic rings. The molecule has 0 aliphatic heterocycles. The minimum Gasteiger partial charge on any atom is -0.493 e. The van der Waals surface area contributed by atoms with Crippen LogP contribution in [0.5, 0.6) is 11.5 Å². The molecule has 1 aromatic carbocycles. The minimum atomic E-state index is -0.524. The summed E-state index contributed by atoms with van der Waals surface area (Å²) in [6.45, 7) is 7.65. The molecule has 3 aromatic rings. The smallest absolute Gasteiger partial charge is 0.230 e. The Hall–Kier alpha value is -3.02. The zero-order chi connectivity index (χ0) is 19.8. The molecular formula is C21H25N3O3. The Bertz CT molecular complexity index is 1000. The van der Waals surface area contributed by atoms with Gasteiger partial charge in [-0.25, -0.2) is 4.98 Å². The van der Waals surface area contributed by atoms with E-state index in [9.17, 15) is 4.79 Å². The second-order valence-electron chi connectivity index (χ2n) is 7.52. The first-order valence-electron chi connectivity index (χ1n) is 8.77. The zero-order valence-corrected chi connectivity index (χ0v) is 16.6. The topological polar surface area (TPSA) is 64.9 Å². The summed E-state index contributed by atoms with van der Waals surface area (Å²) in [6, 6.07) is 9.57. The van der Waals surface area contributed by atoms with Gasteiger partial charge in [-0.2, -0.15) is 0 Å². The van der Waals surface area contributed by atoms with E-state index in [4.69, 9.17) is 14.5 Å². The van der Waals surface area contributed by atoms with Crippen molar-refractivity contribution in [3.05, 3.63) is 42.1 Å². The number of ether oxygens (including phenoxy) is 2. The quantitative estimate of drug-likeness (QED) is 0.746. The van der Waals surface area contributed by atoms with Crippen molar-refractivity contribution in [3.63, 3.8) is 0 Å². The Kier molecular flexibility index (Phi) is 4.83. The van der Waals surface area contributed by atoms with Crippen molar-refractivity contribution in [1.82, 2.24) is 9.38 Å². The first-order chi connectivity index (χ1) is 12.7. The lowest BCUT2D eigenvalue weighted by atomic mass is 9.95. The summed E-state index contributed by atoms with van der Waals surface area (Å²) in [5, 5.41) is 3.05. The molecule has 2 aromatic heterocycles. The van der Waals surface area contributed by atoms with E-state index in [0.717, 1.165) is 16.8 Å². The molecule has 0 aliphatic carbocycles. The molecule has 0 saturated heterocycles. The third-order valence-corrected chi connectivity index (χ3v) is 4.35. The predicted octanol–water partition coefficient (Wildman–Crippen LogP) is 4.31. The molecule has 0 bridgehead atoms. The third-order valence-electron chi connectivity index (χ3n) is 4.35. The van der Waals surface area contributed by atoms with E-state index in [0.29, 0.717) is 23.0 Å². The molecule has 0 unspecified atom stereocenters. The number of aromatic nitrogens is 2. The van der Waals surface area contributed by atoms with Crippen LogP contribution in [0.15, 0.2) is 36.5 Å². The summed E-state index contributed by atoms with van der Waals surface area (Å²) >= 11 is 0. The molecule has 1 amide bonds. The fourth-order valence-corrected chi connectivity index (χ4v) is 2.75. The molecule has 0 radical (unpaired) electrons. The largest absolute Gasteiger partial charge is 0.493 e. The van der Waals surface area contributed by atoms with E-state index in [2.05, 4.69) is 5.32 Å². The molecule has 0 saturated carbocycles. The van der Waals surface area contributed by atoms with Gasteiger partial charge in [0, 0.05) is 17.2 Å². The summed E-state index contributed by atoms with van der Waals surface area (Å²) < 4.78 is 12.6. The van der Waals surface area contributed by atoms with Gasteiger partial charge < -0.3 is 14.8 Å². The number of benzene rings is 1. The van der Waals surface area contributed by atoms with Crippen LogP contribution in [0.3, 0.4) is 0 Å². The highest BCUT2D eigenvalue weighted by Crippen LogP contribution is 2.36. The van der Waals surface area contributed by atoms with Crippen molar-refractivity contribution in [2.24, 2.45) is 5.41 Å². The number of fused-ring (bicyclic) bond motifs is 1. The Morgan fingerprint density at radius 3 is 2.41 bits per heavy atom. The highest BCUT2D eigenvalue weighted by Gasteiger charge is 2.25. The second-order valence-corrected chi connectivity index (χ2v) is 7.52. The Morgan fingerprint density at radius 1 is 1.07 bits per heavy atom. The molecule has 0 spiro atoms. The maximum Gasteiger partial charge on any atom is 0.230 e. The van der Waals surface area contributed by atoms with Crippen molar-refractivity contribution in [3.8, 4) is 22.8 Å². The van der Waals surface area contributed by atoms with Gasteiger partial charge in [0.25, 0.3) is 0 Å². The Morgan fingerprint density at radius 2 is 1.78 bits per heavy atom. The SMILES string of the molecule is COc1ccc(-c2nc3cc(C)ccn3c2NC(=O)C(C)(C)C)cc1OC. The Balaban J connectivity index is 2.20. The van der Waals surface area contributed by atoms with E-state index in [1.165, 1.54) is 0 Å². The fourth-order valence-electron chi connectivity index (χ4n) is 2.75. The summed E-state index contributed by atoms with van der Waals surface area (Å²) in [4.78, 5) is 17.4. The van der Waals surface area contributed by atoms with Gasteiger partial charge in [0.2, 0.25) is 5.91 Å². The van der Waals surface area contributed by atoms with Gasteiger partial charge in [0.15, 0.2) is 11.5 Å². The minimum absolute atomic E-state index is 0.0772. The lowest BCUT2D eigenvalue weighted by Gasteiger charge is -2.18. The number of amides is 1. The van der Waals surface area contributed by atoms with Crippen molar-refractivity contribution >= 4 is 17.4 Å². The average Bonchev–Trinajstić information content (AvgIpc) is 2.97. The van der Waals surface area contributed by atoms with E-state index < -0.39 is 5.41 Å². The first kappa shape index (κ1) is 18.8. The van der Waals surface area contributed by atoms with Crippen molar-refractivity contribution in [2.75, 3.05) is 19.5 Å². The van der Waals surface area contributed by atoms with Gasteiger partial charge in [-0.1, -0.05) is 20.8 Å². The van der Waals surface area contributed by atoms with Crippen LogP contribution in [0.2, 0.25) is 0 Å². The van der Waals surface area contributed by atoms with Crippen LogP contribution < -0.4 is 14.8 Å². The summed E-state index contributed by atoms with van der Waals surface area (Å²) in [6.07, 6.45) is 1.92. The van der Waals surface area contributed by atoms with Crippen LogP contribution in [0, 0.1) is 12.3 Å². The van der Waals surface area contributed by atoms with Gasteiger partial charge in [0.1, 0.15) is 17.2 Å². The monoisotopic (exact) mass is 367 g/mol. The lowest BCUT2D eigenvalue weighted by Crippen LogP contribution is -2.28. The summed E-state index contributed by atoms with van der Waals surface area (Å²) in [7, 11) is 3.19. The molecule has 2 heterocycles. The van der Waals surface area contributed by atoms with E-state index in [-0.39, 0.29) is 5.91 Å². The first-order valence-corrected chi connectivity index (χ1v) is 8.77. The fraction of sp³-hybridized carbons (Fsp3) is 0.333. The maximum absolute atomic E-state index is 12.7. The number of anilines is 1. The van der Waals surface area contributed by atoms with Gasteiger partial charge in [-0.15, -0.1) is 0 Å². The number of pyridine rings is 1. The number of carbonyl (C=O) groups is 1. The molecule has 6 heteroatoms. The zero-order valence-electron chi connectivity index (χ0n) is 16.6. The van der Waals surface area contributed by atoms with Crippen LogP contribution >= 0.6 is 0 Å². The van der Waals surface area contributed by atoms with E-state index >= 15 is 0 Å². The van der Waals surface area contributed by atoms with E-state index in [1.807, 2.05) is 68.6 Å². The number of hydrogen-bond acceptors (Lipinski definition) is 4. The van der Waals surface area contributed by atoms with Gasteiger partial charge in [-0.3, -0.25) is 9.20 Å². The van der Waals surface area contributed by atoms with Crippen LogP contribution in [-0.2, 0) is 4.79 Å². The number of rotatable bonds is 4. The van der Waals surface area contributed by atoms with Crippen molar-refractivity contribution in [1.29, 1.82) is 0 Å². The maximum atomic E-state index is 12.7. The predicted molar refractivity (Wildman–Crippen MR) is 107 cm³/mol. The van der Waals surface area contributed by atoms with Crippen LogP contribution in [0.4, 0.5) is 5.82 Å². The number of nitrogens with zero attached hydrogens (tertiary/aromatic N) is 2. The van der Waals surface area contributed by atoms with Crippen molar-refractivity contribution < 1.29 is 14.3 Å². The van der Waals surface area contributed by atoms with Gasteiger partial charge in [0.05, 0.1) is 14.2 Å². The number of methoxy groups -OCH3 is 2. The average molecular weight is 367 g/mol. The molecule has 142 valence electrons. The second kappa shape index (κ2) is 6.95. The normalized spacial score (nSPS) is 11.5. The molecule has 0 fully saturated rings. The molecule has 6 nitrogen and oxygen atoms in total. The number of carbonyl (C=O) groups excluding carboxylic acids is 1. The summed E-state index contributed by atoms with van der Waals surface area (Å²) in [5.41, 5.74) is 2.85. The molecule has 0 atom stereocenters. The molecule has 27 heavy (non-hydrogen) atoms. The number of aryl methyl sites for hydroxylation is 1. The number of hydrogen-bond donors (Lipinski definition) is 1. The highest BCUT2D eigenvalue weighted by atomic mass is 16.5. The van der Waals surface area contributed by atoms with Crippen LogP contribution in [0.1, 0.15) is 26.3 Å².